The Labute approximate surface area is 186 Å². The van der Waals surface area contributed by atoms with Gasteiger partial charge in [-0.3, -0.25) is 4.79 Å². The average molecular weight is 459 g/mol. The maximum atomic E-state index is 13.4. The zero-order valence-corrected chi connectivity index (χ0v) is 18.9. The molecule has 4 rings (SSSR count). The molecule has 9 heteroatoms. The van der Waals surface area contributed by atoms with Gasteiger partial charge in [-0.05, 0) is 37.1 Å². The molecule has 1 atom stereocenters. The van der Waals surface area contributed by atoms with Gasteiger partial charge >= 0.3 is 0 Å². The van der Waals surface area contributed by atoms with E-state index in [2.05, 4.69) is 4.98 Å². The highest BCUT2D eigenvalue weighted by Crippen LogP contribution is 2.31. The summed E-state index contributed by atoms with van der Waals surface area (Å²) in [5, 5.41) is 0.714. The Morgan fingerprint density at radius 2 is 1.81 bits per heavy atom. The van der Waals surface area contributed by atoms with Gasteiger partial charge in [-0.1, -0.05) is 18.2 Å². The zero-order chi connectivity index (χ0) is 22.7. The minimum atomic E-state index is -3.82. The standard InChI is InChI=1S/C23H26N2O6S/c1-29-21-12-16-11-17(23(26)24-20(16)13-22(21)30-2)14-25(15-18-7-6-10-31-18)32(27,28)19-8-4-3-5-9-19/h3-5,8-9,11-13,18H,6-7,10,14-15H2,1-2H3,(H,24,26)/t18-/m1/s1. The smallest absolute Gasteiger partial charge is 0.252 e. The van der Waals surface area contributed by atoms with Crippen molar-refractivity contribution in [3.8, 4) is 11.5 Å². The molecule has 170 valence electrons. The van der Waals surface area contributed by atoms with Crippen molar-refractivity contribution in [1.29, 1.82) is 0 Å². The van der Waals surface area contributed by atoms with E-state index in [9.17, 15) is 13.2 Å². The number of nitrogens with zero attached hydrogens (tertiary/aromatic N) is 1. The van der Waals surface area contributed by atoms with Gasteiger partial charge in [0.2, 0.25) is 10.0 Å². The Kier molecular flexibility index (Phi) is 6.50. The van der Waals surface area contributed by atoms with Crippen molar-refractivity contribution < 1.29 is 22.6 Å². The summed E-state index contributed by atoms with van der Waals surface area (Å²) in [7, 11) is -0.769. The monoisotopic (exact) mass is 458 g/mol. The molecule has 1 aliphatic heterocycles. The summed E-state index contributed by atoms with van der Waals surface area (Å²) in [6, 6.07) is 13.4. The van der Waals surface area contributed by atoms with Crippen molar-refractivity contribution in [1.82, 2.24) is 9.29 Å². The Bertz CT molecular complexity index is 1250. The molecule has 0 amide bonds. The first-order valence-corrected chi connectivity index (χ1v) is 11.8. The molecule has 1 aromatic heterocycles. The fourth-order valence-electron chi connectivity index (χ4n) is 3.89. The molecule has 2 aromatic carbocycles. The minimum Gasteiger partial charge on any atom is -0.493 e. The number of hydrogen-bond donors (Lipinski definition) is 1. The van der Waals surface area contributed by atoms with Crippen LogP contribution in [0.2, 0.25) is 0 Å². The minimum absolute atomic E-state index is 0.0727. The van der Waals surface area contributed by atoms with Crippen molar-refractivity contribution >= 4 is 20.9 Å². The van der Waals surface area contributed by atoms with E-state index < -0.39 is 10.0 Å². The van der Waals surface area contributed by atoms with Crippen LogP contribution < -0.4 is 15.0 Å². The largest absolute Gasteiger partial charge is 0.493 e. The summed E-state index contributed by atoms with van der Waals surface area (Å²) in [5.41, 5.74) is 0.556. The summed E-state index contributed by atoms with van der Waals surface area (Å²) in [6.45, 7) is 0.722. The highest BCUT2D eigenvalue weighted by Gasteiger charge is 2.30. The lowest BCUT2D eigenvalue weighted by molar-refractivity contribution is 0.0925. The first-order chi connectivity index (χ1) is 15.4. The van der Waals surface area contributed by atoms with Gasteiger partial charge in [-0.25, -0.2) is 8.42 Å². The number of benzene rings is 2. The molecule has 0 radical (unpaired) electrons. The number of hydrogen-bond acceptors (Lipinski definition) is 6. The molecule has 1 fully saturated rings. The molecule has 0 unspecified atom stereocenters. The van der Waals surface area contributed by atoms with Gasteiger partial charge in [0.05, 0.1) is 30.7 Å². The van der Waals surface area contributed by atoms with Crippen LogP contribution in [0.4, 0.5) is 0 Å². The normalized spacial score (nSPS) is 16.5. The van der Waals surface area contributed by atoms with Crippen molar-refractivity contribution in [2.24, 2.45) is 0 Å². The number of aromatic nitrogens is 1. The number of H-pyrrole nitrogens is 1. The van der Waals surface area contributed by atoms with Gasteiger partial charge in [0, 0.05) is 36.7 Å². The predicted octanol–water partition coefficient (Wildman–Crippen LogP) is 2.92. The van der Waals surface area contributed by atoms with Crippen LogP contribution in [0.1, 0.15) is 18.4 Å². The zero-order valence-electron chi connectivity index (χ0n) is 18.0. The summed E-state index contributed by atoms with van der Waals surface area (Å²) in [6.07, 6.45) is 1.48. The second kappa shape index (κ2) is 9.32. The summed E-state index contributed by atoms with van der Waals surface area (Å²) in [4.78, 5) is 15.9. The van der Waals surface area contributed by atoms with Crippen LogP contribution in [-0.4, -0.2) is 51.2 Å². The molecule has 32 heavy (non-hydrogen) atoms. The molecular formula is C23H26N2O6S. The molecule has 0 bridgehead atoms. The van der Waals surface area contributed by atoms with E-state index in [4.69, 9.17) is 14.2 Å². The molecule has 2 heterocycles. The lowest BCUT2D eigenvalue weighted by atomic mass is 10.1. The van der Waals surface area contributed by atoms with E-state index in [1.807, 2.05) is 0 Å². The van der Waals surface area contributed by atoms with Gasteiger partial charge in [0.15, 0.2) is 11.5 Å². The number of ether oxygens (including phenoxy) is 3. The second-order valence-electron chi connectivity index (χ2n) is 7.66. The predicted molar refractivity (Wildman–Crippen MR) is 121 cm³/mol. The van der Waals surface area contributed by atoms with Gasteiger partial charge in [0.25, 0.3) is 5.56 Å². The lowest BCUT2D eigenvalue weighted by Crippen LogP contribution is -2.38. The second-order valence-corrected chi connectivity index (χ2v) is 9.60. The van der Waals surface area contributed by atoms with Crippen LogP contribution in [0.3, 0.4) is 0 Å². The van der Waals surface area contributed by atoms with E-state index in [1.54, 1.807) is 48.5 Å². The lowest BCUT2D eigenvalue weighted by Gasteiger charge is -2.25. The number of fused-ring (bicyclic) bond motifs is 1. The van der Waals surface area contributed by atoms with Crippen molar-refractivity contribution in [3.63, 3.8) is 0 Å². The Balaban J connectivity index is 1.74. The van der Waals surface area contributed by atoms with Crippen molar-refractivity contribution in [2.75, 3.05) is 27.4 Å². The van der Waals surface area contributed by atoms with E-state index in [0.29, 0.717) is 34.6 Å². The van der Waals surface area contributed by atoms with Gasteiger partial charge in [-0.15, -0.1) is 0 Å². The third kappa shape index (κ3) is 4.50. The molecule has 0 spiro atoms. The molecular weight excluding hydrogens is 432 g/mol. The van der Waals surface area contributed by atoms with Crippen LogP contribution in [0.5, 0.6) is 11.5 Å². The van der Waals surface area contributed by atoms with Crippen LogP contribution in [0.25, 0.3) is 10.9 Å². The van der Waals surface area contributed by atoms with E-state index in [0.717, 1.165) is 12.8 Å². The van der Waals surface area contributed by atoms with Gasteiger partial charge < -0.3 is 19.2 Å². The molecule has 3 aromatic rings. The number of aromatic amines is 1. The molecule has 1 saturated heterocycles. The highest BCUT2D eigenvalue weighted by atomic mass is 32.2. The number of pyridine rings is 1. The fraction of sp³-hybridized carbons (Fsp3) is 0.348. The maximum absolute atomic E-state index is 13.4. The third-order valence-electron chi connectivity index (χ3n) is 5.58. The van der Waals surface area contributed by atoms with Crippen LogP contribution in [0, 0.1) is 0 Å². The Morgan fingerprint density at radius 1 is 1.09 bits per heavy atom. The third-order valence-corrected chi connectivity index (χ3v) is 7.41. The number of methoxy groups -OCH3 is 2. The first-order valence-electron chi connectivity index (χ1n) is 10.4. The molecule has 1 N–H and O–H groups in total. The SMILES string of the molecule is COc1cc2cc(CN(C[C@H]3CCCO3)S(=O)(=O)c3ccccc3)c(=O)[nH]c2cc1OC. The fourth-order valence-corrected chi connectivity index (χ4v) is 5.36. The van der Waals surface area contributed by atoms with E-state index in [1.165, 1.54) is 18.5 Å². The molecule has 0 aliphatic carbocycles. The topological polar surface area (TPSA) is 97.9 Å². The first kappa shape index (κ1) is 22.3. The van der Waals surface area contributed by atoms with Crippen LogP contribution >= 0.6 is 0 Å². The van der Waals surface area contributed by atoms with Crippen molar-refractivity contribution in [3.05, 3.63) is 64.4 Å². The van der Waals surface area contributed by atoms with Crippen LogP contribution in [-0.2, 0) is 21.3 Å². The van der Waals surface area contributed by atoms with E-state index >= 15 is 0 Å². The summed E-state index contributed by atoms with van der Waals surface area (Å²) < 4.78 is 44.5. The van der Waals surface area contributed by atoms with Crippen LogP contribution in [0.15, 0.2) is 58.2 Å². The number of rotatable bonds is 8. The molecule has 0 saturated carbocycles. The molecule has 8 nitrogen and oxygen atoms in total. The molecule has 1 aliphatic rings. The Hall–Kier alpha value is -2.88. The highest BCUT2D eigenvalue weighted by molar-refractivity contribution is 7.89. The average Bonchev–Trinajstić information content (AvgIpc) is 3.32. The maximum Gasteiger partial charge on any atom is 0.252 e. The number of nitrogens with one attached hydrogen (secondary N) is 1. The van der Waals surface area contributed by atoms with Gasteiger partial charge in [-0.2, -0.15) is 4.31 Å². The van der Waals surface area contributed by atoms with Gasteiger partial charge in [0.1, 0.15) is 0 Å². The number of sulfonamides is 1. The Morgan fingerprint density at radius 3 is 2.47 bits per heavy atom. The quantitative estimate of drug-likeness (QED) is 0.557. The summed E-state index contributed by atoms with van der Waals surface area (Å²) in [5.74, 6) is 1.01. The summed E-state index contributed by atoms with van der Waals surface area (Å²) >= 11 is 0. The van der Waals surface area contributed by atoms with E-state index in [-0.39, 0.29) is 29.6 Å². The van der Waals surface area contributed by atoms with Crippen molar-refractivity contribution in [2.45, 2.75) is 30.4 Å².